The van der Waals surface area contributed by atoms with Crippen LogP contribution in [0.4, 0.5) is 5.69 Å². The Kier molecular flexibility index (Phi) is 6.69. The molecule has 1 atom stereocenters. The smallest absolute Gasteiger partial charge is 0.227 e. The number of ether oxygens (including phenoxy) is 3. The summed E-state index contributed by atoms with van der Waals surface area (Å²) in [6.07, 6.45) is 0.600. The van der Waals surface area contributed by atoms with Crippen LogP contribution < -0.4 is 19.5 Å². The lowest BCUT2D eigenvalue weighted by atomic mass is 10.00. The van der Waals surface area contributed by atoms with E-state index in [0.29, 0.717) is 36.0 Å². The van der Waals surface area contributed by atoms with Crippen molar-refractivity contribution in [3.05, 3.63) is 48.0 Å². The van der Waals surface area contributed by atoms with E-state index in [-0.39, 0.29) is 11.8 Å². The predicted molar refractivity (Wildman–Crippen MR) is 98.7 cm³/mol. The molecule has 0 radical (unpaired) electrons. The molecule has 0 bridgehead atoms. The van der Waals surface area contributed by atoms with E-state index in [9.17, 15) is 4.79 Å². The van der Waals surface area contributed by atoms with Crippen molar-refractivity contribution in [2.45, 2.75) is 20.3 Å². The van der Waals surface area contributed by atoms with Gasteiger partial charge in [-0.15, -0.1) is 0 Å². The second kappa shape index (κ2) is 8.97. The molecule has 1 unspecified atom stereocenters. The van der Waals surface area contributed by atoms with Gasteiger partial charge in [-0.1, -0.05) is 25.1 Å². The fourth-order valence-electron chi connectivity index (χ4n) is 2.56. The number of carbonyl (C=O) groups excluding carboxylic acids is 1. The molecule has 5 heteroatoms. The second-order valence-corrected chi connectivity index (χ2v) is 5.71. The molecular weight excluding hydrogens is 318 g/mol. The minimum Gasteiger partial charge on any atom is -0.493 e. The fourth-order valence-corrected chi connectivity index (χ4v) is 2.56. The van der Waals surface area contributed by atoms with Crippen LogP contribution >= 0.6 is 0 Å². The summed E-state index contributed by atoms with van der Waals surface area (Å²) in [5.74, 6) is 1.76. The maximum atomic E-state index is 12.5. The highest BCUT2D eigenvalue weighted by Crippen LogP contribution is 2.29. The highest BCUT2D eigenvalue weighted by Gasteiger charge is 2.16. The zero-order valence-corrected chi connectivity index (χ0v) is 15.2. The summed E-state index contributed by atoms with van der Waals surface area (Å²) in [4.78, 5) is 12.5. The normalized spacial score (nSPS) is 11.5. The van der Waals surface area contributed by atoms with Crippen LogP contribution in [0.5, 0.6) is 17.2 Å². The van der Waals surface area contributed by atoms with Gasteiger partial charge in [0.05, 0.1) is 26.5 Å². The number of methoxy groups -OCH3 is 2. The van der Waals surface area contributed by atoms with E-state index in [2.05, 4.69) is 5.32 Å². The Balaban J connectivity index is 2.06. The predicted octanol–water partition coefficient (Wildman–Crippen LogP) is 3.92. The SMILES string of the molecule is CCOc1ccccc1NC(=O)C(C)Cc1ccc(OC)c(OC)c1. The number of para-hydroxylation sites is 2. The minimum absolute atomic E-state index is 0.0538. The molecule has 2 aromatic rings. The van der Waals surface area contributed by atoms with Gasteiger partial charge >= 0.3 is 0 Å². The topological polar surface area (TPSA) is 56.8 Å². The van der Waals surface area contributed by atoms with Gasteiger partial charge < -0.3 is 19.5 Å². The Hall–Kier alpha value is -2.69. The molecule has 0 aromatic heterocycles. The van der Waals surface area contributed by atoms with E-state index >= 15 is 0 Å². The summed E-state index contributed by atoms with van der Waals surface area (Å²) >= 11 is 0. The third-order valence-electron chi connectivity index (χ3n) is 3.88. The number of carbonyl (C=O) groups is 1. The number of hydrogen-bond acceptors (Lipinski definition) is 4. The molecule has 0 fully saturated rings. The minimum atomic E-state index is -0.201. The van der Waals surface area contributed by atoms with Crippen LogP contribution in [0.25, 0.3) is 0 Å². The average molecular weight is 343 g/mol. The largest absolute Gasteiger partial charge is 0.493 e. The molecule has 0 aliphatic rings. The summed E-state index contributed by atoms with van der Waals surface area (Å²) < 4.78 is 16.1. The zero-order chi connectivity index (χ0) is 18.2. The molecule has 134 valence electrons. The van der Waals surface area contributed by atoms with Crippen molar-refractivity contribution in [2.75, 3.05) is 26.1 Å². The molecule has 1 N–H and O–H groups in total. The van der Waals surface area contributed by atoms with Crippen molar-refractivity contribution in [1.82, 2.24) is 0 Å². The Morgan fingerprint density at radius 2 is 1.76 bits per heavy atom. The maximum Gasteiger partial charge on any atom is 0.227 e. The van der Waals surface area contributed by atoms with Gasteiger partial charge in [0.2, 0.25) is 5.91 Å². The third kappa shape index (κ3) is 4.89. The molecule has 2 rings (SSSR count). The monoisotopic (exact) mass is 343 g/mol. The summed E-state index contributed by atoms with van der Waals surface area (Å²) in [6.45, 7) is 4.36. The first kappa shape index (κ1) is 18.6. The lowest BCUT2D eigenvalue weighted by molar-refractivity contribution is -0.119. The first-order valence-electron chi connectivity index (χ1n) is 8.32. The molecule has 25 heavy (non-hydrogen) atoms. The van der Waals surface area contributed by atoms with Gasteiger partial charge in [-0.3, -0.25) is 4.79 Å². The maximum absolute atomic E-state index is 12.5. The van der Waals surface area contributed by atoms with Crippen molar-refractivity contribution in [1.29, 1.82) is 0 Å². The van der Waals surface area contributed by atoms with Gasteiger partial charge in [0.15, 0.2) is 11.5 Å². The number of hydrogen-bond donors (Lipinski definition) is 1. The van der Waals surface area contributed by atoms with E-state index in [4.69, 9.17) is 14.2 Å². The molecule has 0 aliphatic carbocycles. The van der Waals surface area contributed by atoms with Crippen LogP contribution in [0.15, 0.2) is 42.5 Å². The quantitative estimate of drug-likeness (QED) is 0.789. The number of benzene rings is 2. The summed E-state index contributed by atoms with van der Waals surface area (Å²) in [6, 6.07) is 13.1. The first-order chi connectivity index (χ1) is 12.1. The lowest BCUT2D eigenvalue weighted by Crippen LogP contribution is -2.22. The summed E-state index contributed by atoms with van der Waals surface area (Å²) in [7, 11) is 3.20. The van der Waals surface area contributed by atoms with Gasteiger partial charge in [-0.2, -0.15) is 0 Å². The molecule has 1 amide bonds. The van der Waals surface area contributed by atoms with E-state index < -0.39 is 0 Å². The number of nitrogens with one attached hydrogen (secondary N) is 1. The van der Waals surface area contributed by atoms with E-state index in [1.54, 1.807) is 14.2 Å². The molecule has 5 nitrogen and oxygen atoms in total. The van der Waals surface area contributed by atoms with Gasteiger partial charge in [-0.05, 0) is 43.2 Å². The fraction of sp³-hybridized carbons (Fsp3) is 0.350. The van der Waals surface area contributed by atoms with Gasteiger partial charge in [0, 0.05) is 5.92 Å². The van der Waals surface area contributed by atoms with Crippen LogP contribution in [0, 0.1) is 5.92 Å². The Labute approximate surface area is 148 Å². The standard InChI is InChI=1S/C20H25NO4/c1-5-25-17-9-7-6-8-16(17)21-20(22)14(2)12-15-10-11-18(23-3)19(13-15)24-4/h6-11,13-14H,5,12H2,1-4H3,(H,21,22). The molecule has 0 spiro atoms. The van der Waals surface area contributed by atoms with Crippen LogP contribution in [0.1, 0.15) is 19.4 Å². The van der Waals surface area contributed by atoms with Crippen LogP contribution in [-0.4, -0.2) is 26.7 Å². The second-order valence-electron chi connectivity index (χ2n) is 5.71. The zero-order valence-electron chi connectivity index (χ0n) is 15.2. The van der Waals surface area contributed by atoms with Crippen LogP contribution in [-0.2, 0) is 11.2 Å². The number of rotatable bonds is 8. The van der Waals surface area contributed by atoms with Crippen LogP contribution in [0.3, 0.4) is 0 Å². The highest BCUT2D eigenvalue weighted by molar-refractivity contribution is 5.93. The van der Waals surface area contributed by atoms with Crippen molar-refractivity contribution >= 4 is 11.6 Å². The molecule has 0 aliphatic heterocycles. The Morgan fingerprint density at radius 1 is 1.04 bits per heavy atom. The number of anilines is 1. The molecular formula is C20H25NO4. The third-order valence-corrected chi connectivity index (χ3v) is 3.88. The van der Waals surface area contributed by atoms with E-state index in [0.717, 1.165) is 5.56 Å². The van der Waals surface area contributed by atoms with E-state index in [1.807, 2.05) is 56.3 Å². The van der Waals surface area contributed by atoms with Crippen molar-refractivity contribution in [3.8, 4) is 17.2 Å². The Bertz CT molecular complexity index is 715. The van der Waals surface area contributed by atoms with Crippen molar-refractivity contribution < 1.29 is 19.0 Å². The summed E-state index contributed by atoms with van der Waals surface area (Å²) in [5, 5.41) is 2.95. The average Bonchev–Trinajstić information content (AvgIpc) is 2.63. The van der Waals surface area contributed by atoms with Crippen molar-refractivity contribution in [3.63, 3.8) is 0 Å². The van der Waals surface area contributed by atoms with Crippen molar-refractivity contribution in [2.24, 2.45) is 5.92 Å². The Morgan fingerprint density at radius 3 is 2.44 bits per heavy atom. The molecule has 0 saturated carbocycles. The van der Waals surface area contributed by atoms with E-state index in [1.165, 1.54) is 0 Å². The lowest BCUT2D eigenvalue weighted by Gasteiger charge is -2.16. The molecule has 0 saturated heterocycles. The van der Waals surface area contributed by atoms with Gasteiger partial charge in [0.25, 0.3) is 0 Å². The molecule has 0 heterocycles. The number of amides is 1. The highest BCUT2D eigenvalue weighted by atomic mass is 16.5. The van der Waals surface area contributed by atoms with Gasteiger partial charge in [-0.25, -0.2) is 0 Å². The van der Waals surface area contributed by atoms with Gasteiger partial charge in [0.1, 0.15) is 5.75 Å². The van der Waals surface area contributed by atoms with Crippen LogP contribution in [0.2, 0.25) is 0 Å². The molecule has 2 aromatic carbocycles. The summed E-state index contributed by atoms with van der Waals surface area (Å²) in [5.41, 5.74) is 1.70. The first-order valence-corrected chi connectivity index (χ1v) is 8.32.